The van der Waals surface area contributed by atoms with E-state index in [9.17, 15) is 9.59 Å². The molecule has 0 unspecified atom stereocenters. The van der Waals surface area contributed by atoms with Gasteiger partial charge >= 0.3 is 5.97 Å². The van der Waals surface area contributed by atoms with Crippen LogP contribution in [0.1, 0.15) is 51.9 Å². The van der Waals surface area contributed by atoms with Gasteiger partial charge in [-0.1, -0.05) is 25.8 Å². The topological polar surface area (TPSA) is 66.4 Å². The Labute approximate surface area is 103 Å². The molecule has 1 amide bonds. The minimum atomic E-state index is -0.946. The molecule has 98 valence electrons. The number of hydrogen-bond acceptors (Lipinski definition) is 2. The van der Waals surface area contributed by atoms with Crippen LogP contribution >= 0.6 is 0 Å². The van der Waals surface area contributed by atoms with Crippen molar-refractivity contribution in [2.24, 2.45) is 0 Å². The monoisotopic (exact) mass is 241 g/mol. The fourth-order valence-electron chi connectivity index (χ4n) is 1.51. The highest BCUT2D eigenvalue weighted by Gasteiger charge is 2.18. The van der Waals surface area contributed by atoms with Gasteiger partial charge in [-0.2, -0.15) is 0 Å². The number of carbonyl (C=O) groups excluding carboxylic acids is 1. The van der Waals surface area contributed by atoms with E-state index >= 15 is 0 Å². The Kier molecular flexibility index (Phi) is 9.11. The molecule has 0 aromatic heterocycles. The lowest BCUT2D eigenvalue weighted by atomic mass is 10.1. The molecule has 1 atom stereocenters. The Morgan fingerprint density at radius 2 is 2.06 bits per heavy atom. The Morgan fingerprint density at radius 3 is 2.59 bits per heavy atom. The highest BCUT2D eigenvalue weighted by atomic mass is 16.4. The highest BCUT2D eigenvalue weighted by Crippen LogP contribution is 2.04. The molecule has 4 heteroatoms. The molecule has 0 spiro atoms. The summed E-state index contributed by atoms with van der Waals surface area (Å²) in [5, 5.41) is 11.5. The normalized spacial score (nSPS) is 11.8. The van der Waals surface area contributed by atoms with Gasteiger partial charge in [0.25, 0.3) is 0 Å². The van der Waals surface area contributed by atoms with Crippen LogP contribution in [0, 0.1) is 0 Å². The van der Waals surface area contributed by atoms with Gasteiger partial charge in [0, 0.05) is 6.42 Å². The van der Waals surface area contributed by atoms with Crippen LogP contribution in [0.5, 0.6) is 0 Å². The van der Waals surface area contributed by atoms with Crippen LogP contribution in [0.2, 0.25) is 0 Å². The lowest BCUT2D eigenvalue weighted by Gasteiger charge is -2.13. The van der Waals surface area contributed by atoms with Crippen molar-refractivity contribution in [1.82, 2.24) is 5.32 Å². The van der Waals surface area contributed by atoms with Crippen molar-refractivity contribution in [2.75, 3.05) is 0 Å². The standard InChI is InChI=1S/C13H23NO3/c1-3-5-7-8-10-12(15)14-11(13(16)17)9-6-4-2/h3,11H,1,4-10H2,2H3,(H,14,15)(H,16,17)/t11-/m0/s1. The summed E-state index contributed by atoms with van der Waals surface area (Å²) in [6.07, 6.45) is 7.05. The molecule has 0 fully saturated rings. The largest absolute Gasteiger partial charge is 0.480 e. The second kappa shape index (κ2) is 9.87. The van der Waals surface area contributed by atoms with Gasteiger partial charge in [-0.15, -0.1) is 6.58 Å². The van der Waals surface area contributed by atoms with Crippen molar-refractivity contribution in [3.63, 3.8) is 0 Å². The number of allylic oxidation sites excluding steroid dienone is 1. The van der Waals surface area contributed by atoms with E-state index in [-0.39, 0.29) is 5.91 Å². The summed E-state index contributed by atoms with van der Waals surface area (Å²) >= 11 is 0. The molecule has 0 saturated heterocycles. The van der Waals surface area contributed by atoms with Crippen LogP contribution in [0.3, 0.4) is 0 Å². The van der Waals surface area contributed by atoms with Crippen LogP contribution in [-0.4, -0.2) is 23.0 Å². The Bertz CT molecular complexity index is 251. The van der Waals surface area contributed by atoms with Gasteiger partial charge in [0.15, 0.2) is 0 Å². The van der Waals surface area contributed by atoms with E-state index in [4.69, 9.17) is 5.11 Å². The SMILES string of the molecule is C=CCCCCC(=O)N[C@@H](CCCC)C(=O)O. The number of amides is 1. The summed E-state index contributed by atoms with van der Waals surface area (Å²) in [5.74, 6) is -1.12. The molecule has 0 heterocycles. The summed E-state index contributed by atoms with van der Waals surface area (Å²) in [6.45, 7) is 5.60. The predicted octanol–water partition coefficient (Wildman–Crippen LogP) is 2.49. The van der Waals surface area contributed by atoms with E-state index in [1.54, 1.807) is 0 Å². The van der Waals surface area contributed by atoms with Gasteiger partial charge in [-0.25, -0.2) is 4.79 Å². The first-order valence-electron chi connectivity index (χ1n) is 6.24. The van der Waals surface area contributed by atoms with E-state index in [0.29, 0.717) is 12.8 Å². The number of unbranched alkanes of at least 4 members (excludes halogenated alkanes) is 3. The number of carboxylic acid groups (broad SMARTS) is 1. The van der Waals surface area contributed by atoms with Crippen molar-refractivity contribution in [1.29, 1.82) is 0 Å². The lowest BCUT2D eigenvalue weighted by Crippen LogP contribution is -2.40. The molecule has 4 nitrogen and oxygen atoms in total. The quantitative estimate of drug-likeness (QED) is 0.456. The third-order valence-electron chi connectivity index (χ3n) is 2.54. The zero-order valence-corrected chi connectivity index (χ0v) is 10.6. The van der Waals surface area contributed by atoms with Crippen LogP contribution in [-0.2, 0) is 9.59 Å². The molecule has 0 aromatic carbocycles. The van der Waals surface area contributed by atoms with Crippen molar-refractivity contribution >= 4 is 11.9 Å². The molecule has 0 bridgehead atoms. The third-order valence-corrected chi connectivity index (χ3v) is 2.54. The van der Waals surface area contributed by atoms with E-state index in [1.165, 1.54) is 0 Å². The van der Waals surface area contributed by atoms with Crippen molar-refractivity contribution in [3.05, 3.63) is 12.7 Å². The molecular weight excluding hydrogens is 218 g/mol. The minimum Gasteiger partial charge on any atom is -0.480 e. The number of hydrogen-bond donors (Lipinski definition) is 2. The maximum absolute atomic E-state index is 11.5. The second-order valence-corrected chi connectivity index (χ2v) is 4.14. The average Bonchev–Trinajstić information content (AvgIpc) is 2.29. The Morgan fingerprint density at radius 1 is 1.35 bits per heavy atom. The van der Waals surface area contributed by atoms with Crippen LogP contribution in [0.15, 0.2) is 12.7 Å². The summed E-state index contributed by atoms with van der Waals surface area (Å²) in [4.78, 5) is 22.4. The maximum atomic E-state index is 11.5. The van der Waals surface area contributed by atoms with Gasteiger partial charge in [0.05, 0.1) is 0 Å². The van der Waals surface area contributed by atoms with Gasteiger partial charge in [0.1, 0.15) is 6.04 Å². The van der Waals surface area contributed by atoms with Gasteiger partial charge in [-0.05, 0) is 25.7 Å². The first-order valence-corrected chi connectivity index (χ1v) is 6.24. The highest BCUT2D eigenvalue weighted by molar-refractivity contribution is 5.83. The zero-order valence-electron chi connectivity index (χ0n) is 10.6. The minimum absolute atomic E-state index is 0.169. The summed E-state index contributed by atoms with van der Waals surface area (Å²) < 4.78 is 0. The van der Waals surface area contributed by atoms with Crippen LogP contribution in [0.25, 0.3) is 0 Å². The van der Waals surface area contributed by atoms with Gasteiger partial charge in [-0.3, -0.25) is 4.79 Å². The number of rotatable bonds is 10. The predicted molar refractivity (Wildman–Crippen MR) is 67.8 cm³/mol. The Hall–Kier alpha value is -1.32. The zero-order chi connectivity index (χ0) is 13.1. The summed E-state index contributed by atoms with van der Waals surface area (Å²) in [5.41, 5.74) is 0. The van der Waals surface area contributed by atoms with E-state index in [0.717, 1.165) is 32.1 Å². The van der Waals surface area contributed by atoms with Crippen molar-refractivity contribution in [2.45, 2.75) is 57.9 Å². The molecule has 2 N–H and O–H groups in total. The maximum Gasteiger partial charge on any atom is 0.326 e. The molecule has 0 saturated carbocycles. The Balaban J connectivity index is 3.86. The van der Waals surface area contributed by atoms with Crippen LogP contribution < -0.4 is 5.32 Å². The van der Waals surface area contributed by atoms with Crippen molar-refractivity contribution in [3.8, 4) is 0 Å². The van der Waals surface area contributed by atoms with E-state index in [1.807, 2.05) is 13.0 Å². The first kappa shape index (κ1) is 15.7. The molecule has 0 rings (SSSR count). The summed E-state index contributed by atoms with van der Waals surface area (Å²) in [7, 11) is 0. The van der Waals surface area contributed by atoms with Gasteiger partial charge < -0.3 is 10.4 Å². The molecule has 0 aliphatic heterocycles. The fourth-order valence-corrected chi connectivity index (χ4v) is 1.51. The third kappa shape index (κ3) is 8.48. The first-order chi connectivity index (χ1) is 8.11. The second-order valence-electron chi connectivity index (χ2n) is 4.14. The number of aliphatic carboxylic acids is 1. The molecule has 0 aliphatic carbocycles. The average molecular weight is 241 g/mol. The smallest absolute Gasteiger partial charge is 0.326 e. The lowest BCUT2D eigenvalue weighted by molar-refractivity contribution is -0.142. The molecule has 17 heavy (non-hydrogen) atoms. The molecule has 0 aromatic rings. The number of carbonyl (C=O) groups is 2. The fraction of sp³-hybridized carbons (Fsp3) is 0.692. The van der Waals surface area contributed by atoms with Crippen LogP contribution in [0.4, 0.5) is 0 Å². The summed E-state index contributed by atoms with van der Waals surface area (Å²) in [6, 6.07) is -0.734. The molecule has 0 aliphatic rings. The van der Waals surface area contributed by atoms with E-state index in [2.05, 4.69) is 11.9 Å². The molecular formula is C13H23NO3. The van der Waals surface area contributed by atoms with Crippen molar-refractivity contribution < 1.29 is 14.7 Å². The number of carboxylic acids is 1. The molecule has 0 radical (unpaired) electrons. The van der Waals surface area contributed by atoms with Gasteiger partial charge in [0.2, 0.25) is 5.91 Å². The number of nitrogens with one attached hydrogen (secondary N) is 1. The van der Waals surface area contributed by atoms with E-state index < -0.39 is 12.0 Å².